The molecule has 7 aliphatic rings. The number of aliphatic imine (C=N–C) groups is 4. The van der Waals surface area contributed by atoms with Crippen LogP contribution in [-0.2, 0) is 4.79 Å². The van der Waals surface area contributed by atoms with Crippen LogP contribution in [0.2, 0.25) is 0 Å². The Hall–Kier alpha value is -3.73. The summed E-state index contributed by atoms with van der Waals surface area (Å²) in [6.45, 7) is 80.4. The van der Waals surface area contributed by atoms with Crippen molar-refractivity contribution in [3.63, 3.8) is 0 Å². The van der Waals surface area contributed by atoms with Gasteiger partial charge in [0.25, 0.3) is 0 Å². The van der Waals surface area contributed by atoms with Crippen molar-refractivity contribution in [2.45, 2.75) is 317 Å². The fourth-order valence-electron chi connectivity index (χ4n) is 4.62. The fourth-order valence-corrected chi connectivity index (χ4v) is 4.62. The molecule has 0 unspecified atom stereocenters. The summed E-state index contributed by atoms with van der Waals surface area (Å²) in [7, 11) is 0. The Balaban J connectivity index is -0.0000000399. The number of allylic oxidation sites excluding steroid dienone is 9. The molecule has 3 aliphatic carbocycles. The summed E-state index contributed by atoms with van der Waals surface area (Å²) in [5, 5.41) is 0. The molecule has 0 aromatic heterocycles. The summed E-state index contributed by atoms with van der Waals surface area (Å²) in [6.07, 6.45) is 36.9. The zero-order chi connectivity index (χ0) is 61.7. The third-order valence-corrected chi connectivity index (χ3v) is 7.46. The van der Waals surface area contributed by atoms with Gasteiger partial charge in [-0.05, 0) is 108 Å². The van der Waals surface area contributed by atoms with Crippen LogP contribution in [0.3, 0.4) is 0 Å². The van der Waals surface area contributed by atoms with Crippen molar-refractivity contribution < 1.29 is 4.79 Å². The number of carbonyl (C=O) groups is 1. The molecule has 5 heteroatoms. The van der Waals surface area contributed by atoms with Gasteiger partial charge in [-0.15, -0.1) is 0 Å². The van der Waals surface area contributed by atoms with Gasteiger partial charge in [-0.1, -0.05) is 288 Å². The van der Waals surface area contributed by atoms with Crippen molar-refractivity contribution in [3.05, 3.63) is 97.5 Å². The van der Waals surface area contributed by atoms with E-state index in [-0.39, 0.29) is 13.2 Å². The largest absolute Gasteiger partial charge is 0.293 e. The Morgan fingerprint density at radius 2 is 0.720 bits per heavy atom. The monoisotopic (exact) mass is 1060 g/mol. The topological polar surface area (TPSA) is 66.5 Å². The van der Waals surface area contributed by atoms with Crippen LogP contribution in [0.1, 0.15) is 317 Å². The van der Waals surface area contributed by atoms with E-state index in [2.05, 4.69) is 83.7 Å². The van der Waals surface area contributed by atoms with E-state index in [1.165, 1.54) is 93.6 Å². The van der Waals surface area contributed by atoms with Gasteiger partial charge >= 0.3 is 0 Å². The third-order valence-electron chi connectivity index (χ3n) is 7.46. The Morgan fingerprint density at radius 3 is 0.867 bits per heavy atom. The van der Waals surface area contributed by atoms with E-state index >= 15 is 0 Å². The maximum atomic E-state index is 10.3. The first-order valence-electron chi connectivity index (χ1n) is 31.2. The molecule has 0 atom stereocenters. The SMILES string of the molecule is C.C=C1C=CCC1.C=C1C=CCCC1.C=C1C=NCC1.C=C1CCC=N1.C=C1CCCC=N1.C=C1CCCCC1.CC.CC.CC.CC.CC.CC.CC.CC.CC.CC.CC.CC.CC.CC.O=C1C=NCCC1. The second kappa shape index (κ2) is 139. The molecule has 4 heterocycles. The number of Topliss-reactive ketones (excluding diaryl/α,β-unsaturated/α-hetero) is 1. The van der Waals surface area contributed by atoms with Crippen LogP contribution >= 0.6 is 0 Å². The van der Waals surface area contributed by atoms with Crippen LogP contribution in [0.15, 0.2) is 117 Å². The molecule has 0 N–H and O–H groups in total. The molecule has 5 nitrogen and oxygen atoms in total. The van der Waals surface area contributed by atoms with Crippen LogP contribution in [0.25, 0.3) is 0 Å². The second-order valence-corrected chi connectivity index (χ2v) is 12.1. The van der Waals surface area contributed by atoms with Gasteiger partial charge in [-0.2, -0.15) is 0 Å². The number of carbonyl (C=O) groups excluding carboxylic acids is 1. The molecule has 0 saturated heterocycles. The first-order chi connectivity index (χ1) is 36.3. The minimum Gasteiger partial charge on any atom is -0.293 e. The highest BCUT2D eigenvalue weighted by atomic mass is 16.1. The van der Waals surface area contributed by atoms with Crippen LogP contribution < -0.4 is 0 Å². The molecule has 4 aliphatic heterocycles. The van der Waals surface area contributed by atoms with E-state index in [4.69, 9.17) is 0 Å². The minimum atomic E-state index is 0. The van der Waals surface area contributed by atoms with Crippen molar-refractivity contribution in [1.82, 2.24) is 0 Å². The van der Waals surface area contributed by atoms with E-state index in [0.29, 0.717) is 6.42 Å². The smallest absolute Gasteiger partial charge is 0.173 e. The minimum absolute atomic E-state index is 0. The lowest BCUT2D eigenvalue weighted by atomic mass is 9.97. The molecule has 0 spiro atoms. The zero-order valence-electron chi connectivity index (χ0n) is 56.7. The number of hydrogen-bond donors (Lipinski definition) is 0. The van der Waals surface area contributed by atoms with Crippen LogP contribution in [0.4, 0.5) is 0 Å². The van der Waals surface area contributed by atoms with E-state index in [0.717, 1.165) is 68.6 Å². The van der Waals surface area contributed by atoms with Crippen LogP contribution in [0, 0.1) is 0 Å². The van der Waals surface area contributed by atoms with Gasteiger partial charge in [0, 0.05) is 49.5 Å². The molecule has 0 bridgehead atoms. The predicted octanol–water partition coefficient (Wildman–Crippen LogP) is 26.2. The van der Waals surface area contributed by atoms with Gasteiger partial charge in [0.2, 0.25) is 0 Å². The summed E-state index contributed by atoms with van der Waals surface area (Å²) in [6, 6.07) is 0. The number of rotatable bonds is 0. The van der Waals surface area contributed by atoms with Crippen LogP contribution in [0.5, 0.6) is 0 Å². The van der Waals surface area contributed by atoms with E-state index in [9.17, 15) is 4.79 Å². The van der Waals surface area contributed by atoms with Crippen molar-refractivity contribution in [3.8, 4) is 0 Å². The lowest BCUT2D eigenvalue weighted by molar-refractivity contribution is -0.112. The Bertz CT molecular complexity index is 1040. The fraction of sp³-hybridized carbons (Fsp3) is 0.700. The third kappa shape index (κ3) is 135. The molecule has 75 heavy (non-hydrogen) atoms. The summed E-state index contributed by atoms with van der Waals surface area (Å²) in [4.78, 5) is 26.0. The molecule has 7 rings (SSSR count). The van der Waals surface area contributed by atoms with Crippen LogP contribution in [-0.4, -0.2) is 43.7 Å². The van der Waals surface area contributed by atoms with Gasteiger partial charge in [-0.3, -0.25) is 24.8 Å². The molecule has 1 fully saturated rings. The van der Waals surface area contributed by atoms with Gasteiger partial charge in [0.15, 0.2) is 5.78 Å². The van der Waals surface area contributed by atoms with Crippen molar-refractivity contribution in [2.75, 3.05) is 13.1 Å². The molecule has 454 valence electrons. The summed E-state index contributed by atoms with van der Waals surface area (Å²) >= 11 is 0. The normalized spacial score (nSPS) is 13.6. The lowest BCUT2D eigenvalue weighted by Crippen LogP contribution is -2.05. The highest BCUT2D eigenvalue weighted by Crippen LogP contribution is 2.20. The predicted molar refractivity (Wildman–Crippen MR) is 371 cm³/mol. The van der Waals surface area contributed by atoms with E-state index in [1.807, 2.05) is 213 Å². The van der Waals surface area contributed by atoms with Crippen molar-refractivity contribution in [2.24, 2.45) is 20.0 Å². The first-order valence-corrected chi connectivity index (χ1v) is 31.2. The highest BCUT2D eigenvalue weighted by Gasteiger charge is 2.01. The molecule has 0 amide bonds. The Kier molecular flexibility index (Phi) is 206. The number of ketones is 1. The maximum absolute atomic E-state index is 10.3. The Morgan fingerprint density at radius 1 is 0.333 bits per heavy atom. The standard InChI is InChI=1S/C7H12.C7H10.C6H9N.C6H8.C5H7NO.2C5H7N.14C2H6.CH4/c2*1-7-5-3-2-4-6-7;1-6-4-2-3-5-7-6;1-6-4-2-3-5-6;7-5-2-1-3-6-4-5;1-5-2-3-6-4-5;1-5-3-2-4-6-5;14*1-2;/h1-6H2;3,5H,1-2,4,6H2;5H,1-4H2;2,4H,1,3,5H2;4H,1-3H2;2*4H,1-3H2;14*1-2H3;1H4. The van der Waals surface area contributed by atoms with Crippen molar-refractivity contribution in [1.29, 1.82) is 0 Å². The maximum Gasteiger partial charge on any atom is 0.173 e. The highest BCUT2D eigenvalue weighted by molar-refractivity contribution is 6.27. The zero-order valence-corrected chi connectivity index (χ0v) is 56.7. The molecule has 1 saturated carbocycles. The summed E-state index contributed by atoms with van der Waals surface area (Å²) in [5.41, 5.74) is 7.24. The lowest BCUT2D eigenvalue weighted by Gasteiger charge is -2.10. The molecular weight excluding hydrogens is 913 g/mol. The average Bonchev–Trinajstić information content (AvgIpc) is 4.34. The molecule has 0 aromatic rings. The first kappa shape index (κ1) is 111. The van der Waals surface area contributed by atoms with Gasteiger partial charge in [-0.25, -0.2) is 0 Å². The molecular formula is C70H148N4O. The van der Waals surface area contributed by atoms with Gasteiger partial charge in [0.1, 0.15) is 0 Å². The number of nitrogens with zero attached hydrogens (tertiary/aromatic N) is 4. The Labute approximate surface area is 480 Å². The van der Waals surface area contributed by atoms with Crippen molar-refractivity contribution >= 4 is 30.6 Å². The van der Waals surface area contributed by atoms with E-state index < -0.39 is 0 Å². The summed E-state index contributed by atoms with van der Waals surface area (Å²) < 4.78 is 0. The molecule has 0 aromatic carbocycles. The average molecular weight is 1060 g/mol. The van der Waals surface area contributed by atoms with Gasteiger partial charge < -0.3 is 0 Å². The molecule has 0 radical (unpaired) electrons. The quantitative estimate of drug-likeness (QED) is 0.223. The number of hydrogen-bond acceptors (Lipinski definition) is 5. The van der Waals surface area contributed by atoms with E-state index in [1.54, 1.807) is 0 Å². The second-order valence-electron chi connectivity index (χ2n) is 12.1. The van der Waals surface area contributed by atoms with Gasteiger partial charge in [0.05, 0.1) is 6.21 Å². The summed E-state index contributed by atoms with van der Waals surface area (Å²) in [5.74, 6) is 0.172.